The van der Waals surface area contributed by atoms with Crippen LogP contribution in [0.3, 0.4) is 0 Å². The summed E-state index contributed by atoms with van der Waals surface area (Å²) in [6.07, 6.45) is 7.96. The fourth-order valence-corrected chi connectivity index (χ4v) is 2.56. The van der Waals surface area contributed by atoms with Gasteiger partial charge >= 0.3 is 11.9 Å². The summed E-state index contributed by atoms with van der Waals surface area (Å²) in [6, 6.07) is 0. The maximum absolute atomic E-state index is 12.3. The van der Waals surface area contributed by atoms with Crippen molar-refractivity contribution in [3.8, 4) is 0 Å². The molecule has 2 N–H and O–H groups in total. The molecule has 0 radical (unpaired) electrons. The van der Waals surface area contributed by atoms with Crippen LogP contribution in [-0.4, -0.2) is 40.6 Å². The third kappa shape index (κ3) is 11.1. The molecule has 0 saturated carbocycles. The van der Waals surface area contributed by atoms with Gasteiger partial charge in [-0.15, -0.1) is 0 Å². The van der Waals surface area contributed by atoms with Gasteiger partial charge in [0.25, 0.3) is 0 Å². The molecule has 0 spiro atoms. The summed E-state index contributed by atoms with van der Waals surface area (Å²) in [5.41, 5.74) is 0. The number of hydrogen-bond donors (Lipinski definition) is 2. The molecular formula is C19H34O6. The van der Waals surface area contributed by atoms with Gasteiger partial charge in [-0.1, -0.05) is 65.2 Å². The van der Waals surface area contributed by atoms with E-state index in [1.807, 2.05) is 6.92 Å². The zero-order chi connectivity index (χ0) is 19.1. The van der Waals surface area contributed by atoms with Gasteiger partial charge in [0.15, 0.2) is 6.10 Å². The first-order chi connectivity index (χ1) is 12.0. The van der Waals surface area contributed by atoms with E-state index in [0.29, 0.717) is 19.3 Å². The van der Waals surface area contributed by atoms with E-state index in [9.17, 15) is 19.5 Å². The summed E-state index contributed by atoms with van der Waals surface area (Å²) in [7, 11) is 0. The predicted molar refractivity (Wildman–Crippen MR) is 94.8 cm³/mol. The van der Waals surface area contributed by atoms with Crippen molar-refractivity contribution in [2.24, 2.45) is 5.92 Å². The van der Waals surface area contributed by atoms with E-state index in [0.717, 1.165) is 32.1 Å². The summed E-state index contributed by atoms with van der Waals surface area (Å²) >= 11 is 0. The smallest absolute Gasteiger partial charge is 0.345 e. The van der Waals surface area contributed by atoms with E-state index in [4.69, 9.17) is 5.11 Å². The number of carbonyl (C=O) groups excluding carboxylic acids is 3. The molecule has 0 saturated heterocycles. The lowest BCUT2D eigenvalue weighted by Gasteiger charge is -2.15. The number of aliphatic hydroxyl groups is 2. The first-order valence-electron chi connectivity index (χ1n) is 9.55. The van der Waals surface area contributed by atoms with Gasteiger partial charge in [-0.2, -0.15) is 0 Å². The van der Waals surface area contributed by atoms with Crippen LogP contribution in [0.4, 0.5) is 0 Å². The summed E-state index contributed by atoms with van der Waals surface area (Å²) < 4.78 is 4.55. The van der Waals surface area contributed by atoms with Crippen molar-refractivity contribution in [3.63, 3.8) is 0 Å². The maximum atomic E-state index is 12.3. The van der Waals surface area contributed by atoms with Crippen LogP contribution >= 0.6 is 0 Å². The van der Waals surface area contributed by atoms with Crippen molar-refractivity contribution in [2.75, 3.05) is 6.61 Å². The van der Waals surface area contributed by atoms with Gasteiger partial charge in [0.1, 0.15) is 11.7 Å². The fourth-order valence-electron chi connectivity index (χ4n) is 2.56. The zero-order valence-electron chi connectivity index (χ0n) is 15.7. The van der Waals surface area contributed by atoms with Crippen molar-refractivity contribution in [3.05, 3.63) is 0 Å². The minimum atomic E-state index is -1.76. The van der Waals surface area contributed by atoms with Crippen LogP contribution in [0.5, 0.6) is 0 Å². The van der Waals surface area contributed by atoms with Crippen LogP contribution in [0.2, 0.25) is 0 Å². The summed E-state index contributed by atoms with van der Waals surface area (Å²) in [5.74, 6) is -3.30. The highest BCUT2D eigenvalue weighted by Crippen LogP contribution is 2.17. The van der Waals surface area contributed by atoms with E-state index >= 15 is 0 Å². The lowest BCUT2D eigenvalue weighted by Crippen LogP contribution is -2.34. The number of Topliss-reactive ketones (excluding diaryl/α,β-unsaturated/α-hetero) is 1. The lowest BCUT2D eigenvalue weighted by molar-refractivity contribution is -0.170. The zero-order valence-corrected chi connectivity index (χ0v) is 15.7. The van der Waals surface area contributed by atoms with Crippen LogP contribution in [0.15, 0.2) is 0 Å². The molecular weight excluding hydrogens is 324 g/mol. The summed E-state index contributed by atoms with van der Waals surface area (Å²) in [5, 5.41) is 17.9. The molecule has 0 heterocycles. The Labute approximate surface area is 150 Å². The molecule has 146 valence electrons. The number of hydrogen-bond acceptors (Lipinski definition) is 6. The molecule has 0 aromatic heterocycles. The number of carbonyl (C=O) groups is 3. The Morgan fingerprint density at radius 1 is 0.840 bits per heavy atom. The fraction of sp³-hybridized carbons (Fsp3) is 0.842. The molecule has 0 fully saturated rings. The van der Waals surface area contributed by atoms with E-state index < -0.39 is 30.6 Å². The third-order valence-electron chi connectivity index (χ3n) is 4.19. The highest BCUT2D eigenvalue weighted by Gasteiger charge is 2.30. The van der Waals surface area contributed by atoms with Crippen molar-refractivity contribution in [1.82, 2.24) is 0 Å². The lowest BCUT2D eigenvalue weighted by atomic mass is 9.93. The van der Waals surface area contributed by atoms with Crippen LogP contribution in [0.25, 0.3) is 0 Å². The highest BCUT2D eigenvalue weighted by atomic mass is 16.6. The second-order valence-electron chi connectivity index (χ2n) is 6.47. The molecule has 0 aliphatic rings. The number of ketones is 1. The van der Waals surface area contributed by atoms with E-state index in [1.54, 1.807) is 0 Å². The Balaban J connectivity index is 4.36. The summed E-state index contributed by atoms with van der Waals surface area (Å²) in [6.45, 7) is 3.29. The first-order valence-corrected chi connectivity index (χ1v) is 9.55. The molecule has 6 heteroatoms. The van der Waals surface area contributed by atoms with Crippen molar-refractivity contribution >= 4 is 17.7 Å². The topological polar surface area (TPSA) is 101 Å². The Morgan fingerprint density at radius 2 is 1.40 bits per heavy atom. The molecule has 0 aliphatic heterocycles. The molecule has 0 aromatic carbocycles. The van der Waals surface area contributed by atoms with Crippen molar-refractivity contribution in [1.29, 1.82) is 0 Å². The van der Waals surface area contributed by atoms with Crippen LogP contribution in [0.1, 0.15) is 84.5 Å². The van der Waals surface area contributed by atoms with Crippen molar-refractivity contribution in [2.45, 2.75) is 90.6 Å². The Morgan fingerprint density at radius 3 is 1.96 bits per heavy atom. The van der Waals surface area contributed by atoms with E-state index in [1.165, 1.54) is 19.3 Å². The largest absolute Gasteiger partial charge is 0.393 e. The number of rotatable bonds is 15. The quantitative estimate of drug-likeness (QED) is 0.265. The van der Waals surface area contributed by atoms with Gasteiger partial charge in [0.2, 0.25) is 0 Å². The Bertz CT molecular complexity index is 393. The molecule has 0 rings (SSSR count). The minimum absolute atomic E-state index is 0.210. The van der Waals surface area contributed by atoms with Crippen molar-refractivity contribution < 1.29 is 29.3 Å². The SMILES string of the molecule is CCCCCCCCCC(=O)C(CCCC)C(=O)OC(=O)C(O)CO. The standard InChI is InChI=1S/C19H34O6/c1-3-5-7-8-9-10-11-13-16(21)15(12-6-4-2)18(23)25-19(24)17(22)14-20/h15,17,20,22H,3-14H2,1-2H3. The molecule has 0 aromatic rings. The highest BCUT2D eigenvalue weighted by molar-refractivity contribution is 6.02. The van der Waals surface area contributed by atoms with Gasteiger partial charge in [-0.25, -0.2) is 4.79 Å². The molecule has 2 atom stereocenters. The monoisotopic (exact) mass is 358 g/mol. The maximum Gasteiger partial charge on any atom is 0.345 e. The van der Waals surface area contributed by atoms with Crippen LogP contribution in [0, 0.1) is 5.92 Å². The van der Waals surface area contributed by atoms with Gasteiger partial charge < -0.3 is 14.9 Å². The second-order valence-corrected chi connectivity index (χ2v) is 6.47. The molecule has 6 nitrogen and oxygen atoms in total. The molecule has 0 amide bonds. The predicted octanol–water partition coefficient (Wildman–Crippen LogP) is 2.93. The molecule has 0 aliphatic carbocycles. The average molecular weight is 358 g/mol. The number of aliphatic hydroxyl groups excluding tert-OH is 2. The van der Waals surface area contributed by atoms with Crippen LogP contribution < -0.4 is 0 Å². The Kier molecular flexibility index (Phi) is 14.3. The molecule has 25 heavy (non-hydrogen) atoms. The Hall–Kier alpha value is -1.27. The molecule has 0 bridgehead atoms. The summed E-state index contributed by atoms with van der Waals surface area (Å²) in [4.78, 5) is 35.8. The average Bonchev–Trinajstić information content (AvgIpc) is 2.60. The number of esters is 2. The normalized spacial score (nSPS) is 13.3. The van der Waals surface area contributed by atoms with E-state index in [2.05, 4.69) is 11.7 Å². The second kappa shape index (κ2) is 15.0. The minimum Gasteiger partial charge on any atom is -0.393 e. The molecule has 2 unspecified atom stereocenters. The number of ether oxygens (including phenoxy) is 1. The number of unbranched alkanes of at least 4 members (excludes halogenated alkanes) is 7. The van der Waals surface area contributed by atoms with Gasteiger partial charge in [0, 0.05) is 6.42 Å². The first kappa shape index (κ1) is 23.7. The van der Waals surface area contributed by atoms with Gasteiger partial charge in [-0.3, -0.25) is 9.59 Å². The van der Waals surface area contributed by atoms with Gasteiger partial charge in [0.05, 0.1) is 6.61 Å². The van der Waals surface area contributed by atoms with Gasteiger partial charge in [-0.05, 0) is 12.8 Å². The third-order valence-corrected chi connectivity index (χ3v) is 4.19. The van der Waals surface area contributed by atoms with Crippen LogP contribution in [-0.2, 0) is 19.1 Å². The van der Waals surface area contributed by atoms with E-state index in [-0.39, 0.29) is 5.78 Å².